The van der Waals surface area contributed by atoms with Crippen LogP contribution in [0.2, 0.25) is 5.02 Å². The molecule has 0 aliphatic carbocycles. The molecule has 0 bridgehead atoms. The lowest BCUT2D eigenvalue weighted by Crippen LogP contribution is -2.31. The van der Waals surface area contributed by atoms with E-state index < -0.39 is 0 Å². The summed E-state index contributed by atoms with van der Waals surface area (Å²) < 4.78 is 6.23. The summed E-state index contributed by atoms with van der Waals surface area (Å²) in [6.07, 6.45) is 0.257. The Balaban J connectivity index is 2.88. The summed E-state index contributed by atoms with van der Waals surface area (Å²) in [5.41, 5.74) is 6.45. The van der Waals surface area contributed by atoms with Gasteiger partial charge in [0.25, 0.3) is 0 Å². The van der Waals surface area contributed by atoms with Crippen LogP contribution in [0.5, 0.6) is 5.75 Å². The average Bonchev–Trinajstić information content (AvgIpc) is 2.33. The molecule has 1 atom stereocenters. The molecular formula is C14H20BrClN2O2. The van der Waals surface area contributed by atoms with Crippen molar-refractivity contribution < 1.29 is 9.53 Å². The third kappa shape index (κ3) is 4.96. The number of hydrogen-bond acceptors (Lipinski definition) is 3. The third-order valence-corrected chi connectivity index (χ3v) is 3.66. The maximum Gasteiger partial charge on any atom is 0.226 e. The highest BCUT2D eigenvalue weighted by Gasteiger charge is 2.16. The normalized spacial score (nSPS) is 12.3. The van der Waals surface area contributed by atoms with E-state index in [1.165, 1.54) is 0 Å². The van der Waals surface area contributed by atoms with Crippen LogP contribution < -0.4 is 15.8 Å². The molecule has 0 aliphatic heterocycles. The van der Waals surface area contributed by atoms with E-state index in [0.717, 1.165) is 0 Å². The number of carbonyl (C=O) groups excluding carboxylic acids is 1. The highest BCUT2D eigenvalue weighted by molar-refractivity contribution is 9.10. The second-order valence-corrected chi connectivity index (χ2v) is 6.15. The summed E-state index contributed by atoms with van der Waals surface area (Å²) in [5, 5.41) is 3.32. The molecule has 0 spiro atoms. The molecule has 4 nitrogen and oxygen atoms in total. The van der Waals surface area contributed by atoms with Crippen LogP contribution >= 0.6 is 27.5 Å². The van der Waals surface area contributed by atoms with Gasteiger partial charge in [0.1, 0.15) is 0 Å². The number of benzene rings is 1. The smallest absolute Gasteiger partial charge is 0.226 e. The maximum atomic E-state index is 12.0. The first-order chi connectivity index (χ1) is 9.35. The Labute approximate surface area is 133 Å². The third-order valence-electron chi connectivity index (χ3n) is 2.85. The molecule has 0 aliphatic rings. The molecular weight excluding hydrogens is 344 g/mol. The van der Waals surface area contributed by atoms with Gasteiger partial charge in [-0.25, -0.2) is 0 Å². The largest absolute Gasteiger partial charge is 0.491 e. The van der Waals surface area contributed by atoms with Crippen LogP contribution in [0.3, 0.4) is 0 Å². The molecule has 0 aromatic heterocycles. The van der Waals surface area contributed by atoms with Crippen LogP contribution in [0.4, 0.5) is 5.69 Å². The first kappa shape index (κ1) is 17.3. The van der Waals surface area contributed by atoms with Crippen LogP contribution in [0, 0.1) is 5.92 Å². The molecule has 0 heterocycles. The van der Waals surface area contributed by atoms with E-state index in [4.69, 9.17) is 22.1 Å². The first-order valence-electron chi connectivity index (χ1n) is 6.52. The van der Waals surface area contributed by atoms with Gasteiger partial charge in [0.2, 0.25) is 5.91 Å². The number of rotatable bonds is 6. The predicted molar refractivity (Wildman–Crippen MR) is 86.4 cm³/mol. The van der Waals surface area contributed by atoms with Crippen LogP contribution in [-0.2, 0) is 4.79 Å². The van der Waals surface area contributed by atoms with Gasteiger partial charge in [0.05, 0.1) is 16.8 Å². The lowest BCUT2D eigenvalue weighted by molar-refractivity contribution is -0.116. The summed E-state index contributed by atoms with van der Waals surface area (Å²) in [6, 6.07) is 3.21. The molecule has 0 saturated carbocycles. The van der Waals surface area contributed by atoms with Crippen molar-refractivity contribution in [1.82, 2.24) is 0 Å². The van der Waals surface area contributed by atoms with E-state index in [1.807, 2.05) is 20.8 Å². The van der Waals surface area contributed by atoms with Crippen molar-refractivity contribution in [2.24, 2.45) is 11.7 Å². The topological polar surface area (TPSA) is 64.3 Å². The van der Waals surface area contributed by atoms with Gasteiger partial charge in [0, 0.05) is 17.5 Å². The summed E-state index contributed by atoms with van der Waals surface area (Å²) >= 11 is 9.38. The predicted octanol–water partition coefficient (Wildman–Crippen LogP) is 3.81. The lowest BCUT2D eigenvalue weighted by Gasteiger charge is -2.17. The Bertz CT molecular complexity index is 480. The summed E-state index contributed by atoms with van der Waals surface area (Å²) in [4.78, 5) is 12.0. The monoisotopic (exact) mass is 362 g/mol. The number of nitrogens with two attached hydrogens (primary N) is 1. The van der Waals surface area contributed by atoms with Gasteiger partial charge in [-0.05, 0) is 40.9 Å². The molecule has 0 saturated heterocycles. The van der Waals surface area contributed by atoms with Crippen LogP contribution in [0.1, 0.15) is 27.2 Å². The van der Waals surface area contributed by atoms with Crippen molar-refractivity contribution in [2.75, 3.05) is 11.9 Å². The molecule has 20 heavy (non-hydrogen) atoms. The Kier molecular flexibility index (Phi) is 6.79. The standard InChI is InChI=1S/C14H20BrClN2O2/c1-4-20-14-10(15)5-9(16)6-12(14)18-13(19)7-11(17)8(2)3/h5-6,8,11H,4,7,17H2,1-3H3,(H,18,19). The second-order valence-electron chi connectivity index (χ2n) is 4.86. The van der Waals surface area contributed by atoms with Crippen LogP contribution in [0.15, 0.2) is 16.6 Å². The number of ether oxygens (including phenoxy) is 1. The zero-order chi connectivity index (χ0) is 15.3. The molecule has 1 aromatic carbocycles. The molecule has 1 unspecified atom stereocenters. The Morgan fingerprint density at radius 1 is 1.50 bits per heavy atom. The molecule has 112 valence electrons. The van der Waals surface area contributed by atoms with Gasteiger partial charge < -0.3 is 15.8 Å². The minimum Gasteiger partial charge on any atom is -0.491 e. The Morgan fingerprint density at radius 2 is 2.15 bits per heavy atom. The second kappa shape index (κ2) is 7.86. The highest BCUT2D eigenvalue weighted by Crippen LogP contribution is 2.36. The molecule has 1 aromatic rings. The van der Waals surface area contributed by atoms with E-state index in [2.05, 4.69) is 21.2 Å². The number of carbonyl (C=O) groups is 1. The molecule has 1 rings (SSSR count). The summed E-state index contributed by atoms with van der Waals surface area (Å²) in [6.45, 7) is 6.34. The summed E-state index contributed by atoms with van der Waals surface area (Å²) in [7, 11) is 0. The van der Waals surface area contributed by atoms with Gasteiger partial charge >= 0.3 is 0 Å². The fourth-order valence-electron chi connectivity index (χ4n) is 1.60. The average molecular weight is 364 g/mol. The van der Waals surface area contributed by atoms with Gasteiger partial charge in [-0.2, -0.15) is 0 Å². The van der Waals surface area contributed by atoms with E-state index in [9.17, 15) is 4.79 Å². The molecule has 3 N–H and O–H groups in total. The van der Waals surface area contributed by atoms with E-state index in [0.29, 0.717) is 27.5 Å². The van der Waals surface area contributed by atoms with Gasteiger partial charge in [-0.15, -0.1) is 0 Å². The van der Waals surface area contributed by atoms with Crippen LogP contribution in [0.25, 0.3) is 0 Å². The van der Waals surface area contributed by atoms with E-state index in [-0.39, 0.29) is 24.3 Å². The highest BCUT2D eigenvalue weighted by atomic mass is 79.9. The summed E-state index contributed by atoms with van der Waals surface area (Å²) in [5.74, 6) is 0.669. The SMILES string of the molecule is CCOc1c(Br)cc(Cl)cc1NC(=O)CC(N)C(C)C. The van der Waals surface area contributed by atoms with Crippen molar-refractivity contribution >= 4 is 39.1 Å². The van der Waals surface area contributed by atoms with Gasteiger partial charge in [0.15, 0.2) is 5.75 Å². The zero-order valence-corrected chi connectivity index (χ0v) is 14.2. The number of nitrogens with one attached hydrogen (secondary N) is 1. The van der Waals surface area contributed by atoms with Crippen molar-refractivity contribution in [3.8, 4) is 5.75 Å². The van der Waals surface area contributed by atoms with Crippen molar-refractivity contribution in [3.05, 3.63) is 21.6 Å². The fourth-order valence-corrected chi connectivity index (χ4v) is 2.52. The number of anilines is 1. The number of halogens is 2. The fraction of sp³-hybridized carbons (Fsp3) is 0.500. The number of amides is 1. The quantitative estimate of drug-likeness (QED) is 0.807. The van der Waals surface area contributed by atoms with Crippen molar-refractivity contribution in [2.45, 2.75) is 33.2 Å². The van der Waals surface area contributed by atoms with Gasteiger partial charge in [-0.1, -0.05) is 25.4 Å². The Morgan fingerprint density at radius 3 is 2.70 bits per heavy atom. The molecule has 6 heteroatoms. The number of hydrogen-bond donors (Lipinski definition) is 2. The maximum absolute atomic E-state index is 12.0. The lowest BCUT2D eigenvalue weighted by atomic mass is 10.0. The van der Waals surface area contributed by atoms with Crippen molar-refractivity contribution in [3.63, 3.8) is 0 Å². The molecule has 0 radical (unpaired) electrons. The van der Waals surface area contributed by atoms with Gasteiger partial charge in [-0.3, -0.25) is 4.79 Å². The minimum absolute atomic E-state index is 0.152. The first-order valence-corrected chi connectivity index (χ1v) is 7.69. The zero-order valence-electron chi connectivity index (χ0n) is 11.9. The Hall–Kier alpha value is -0.780. The van der Waals surface area contributed by atoms with Crippen molar-refractivity contribution in [1.29, 1.82) is 0 Å². The van der Waals surface area contributed by atoms with Crippen LogP contribution in [-0.4, -0.2) is 18.6 Å². The van der Waals surface area contributed by atoms with E-state index in [1.54, 1.807) is 12.1 Å². The molecule has 1 amide bonds. The van der Waals surface area contributed by atoms with E-state index >= 15 is 0 Å². The minimum atomic E-state index is -0.173. The molecule has 0 fully saturated rings.